The lowest BCUT2D eigenvalue weighted by atomic mass is 9.75. The average molecular weight is 484 g/mol. The lowest BCUT2D eigenvalue weighted by Crippen LogP contribution is -2.46. The van der Waals surface area contributed by atoms with Gasteiger partial charge < -0.3 is 19.5 Å². The highest BCUT2D eigenvalue weighted by atomic mass is 35.5. The Labute approximate surface area is 194 Å². The topological polar surface area (TPSA) is 67.8 Å². The summed E-state index contributed by atoms with van der Waals surface area (Å²) < 4.78 is 20.7. The number of benzene rings is 2. The second-order valence-corrected chi connectivity index (χ2v) is 10.2. The molecule has 0 amide bonds. The van der Waals surface area contributed by atoms with Gasteiger partial charge in [-0.05, 0) is 54.8 Å². The Bertz CT molecular complexity index is 836. The number of thioether (sulfide) groups is 1. The zero-order valence-corrected chi connectivity index (χ0v) is 20.2. The molecule has 2 aromatic rings. The summed E-state index contributed by atoms with van der Waals surface area (Å²) in [5.74, 6) is 1.05. The van der Waals surface area contributed by atoms with Gasteiger partial charge in [0, 0.05) is 16.9 Å². The van der Waals surface area contributed by atoms with Crippen LogP contribution in [-0.4, -0.2) is 37.0 Å². The van der Waals surface area contributed by atoms with Gasteiger partial charge in [-0.1, -0.05) is 54.4 Å². The zero-order valence-electron chi connectivity index (χ0n) is 17.6. The molecule has 0 saturated carbocycles. The average Bonchev–Trinajstić information content (AvgIpc) is 2.73. The van der Waals surface area contributed by atoms with Crippen molar-refractivity contribution in [3.63, 3.8) is 0 Å². The van der Waals surface area contributed by atoms with Crippen LogP contribution in [0.3, 0.4) is 0 Å². The van der Waals surface area contributed by atoms with E-state index < -0.39 is 8.25 Å². The first kappa shape index (κ1) is 24.8. The molecule has 2 aromatic carbocycles. The van der Waals surface area contributed by atoms with Gasteiger partial charge in [0.05, 0.1) is 24.8 Å². The molecule has 8 heteroatoms. The number of hydrogen-bond donors (Lipinski definition) is 2. The summed E-state index contributed by atoms with van der Waals surface area (Å²) in [6.07, 6.45) is 4.19. The highest BCUT2D eigenvalue weighted by Crippen LogP contribution is 2.37. The van der Waals surface area contributed by atoms with E-state index in [-0.39, 0.29) is 12.0 Å². The largest absolute Gasteiger partial charge is 0.379 e. The second kappa shape index (κ2) is 13.0. The summed E-state index contributed by atoms with van der Waals surface area (Å²) in [6, 6.07) is 16.9. The van der Waals surface area contributed by atoms with Crippen LogP contribution in [0.2, 0.25) is 5.02 Å². The molecule has 5 nitrogen and oxygen atoms in total. The second-order valence-electron chi connectivity index (χ2n) is 7.85. The van der Waals surface area contributed by atoms with E-state index in [1.54, 1.807) is 0 Å². The van der Waals surface area contributed by atoms with Crippen molar-refractivity contribution in [1.82, 2.24) is 5.32 Å². The molecule has 1 aliphatic rings. The fraction of sp³-hybridized carbons (Fsp3) is 0.478. The molecule has 0 aromatic heterocycles. The standard InChI is InChI=1S/C23H31ClNO4PS/c24-21-15-19(16-25-12-6-13-29-30(26)27)9-10-22(21)31-14-5-4-11-23(17-28-18-23)20-7-2-1-3-8-20/h1-3,7-10,15,25,30H,4-6,11-14,16-18H2,(H,26,27). The van der Waals surface area contributed by atoms with Crippen LogP contribution in [0.1, 0.15) is 36.8 Å². The molecule has 0 bridgehead atoms. The number of hydrogen-bond acceptors (Lipinski definition) is 5. The fourth-order valence-corrected chi connectivity index (χ4v) is 5.32. The number of rotatable bonds is 14. The number of nitrogens with one attached hydrogen (secondary N) is 1. The maximum Gasteiger partial charge on any atom is 0.316 e. The first-order chi connectivity index (χ1) is 15.1. The van der Waals surface area contributed by atoms with Crippen molar-refractivity contribution < 1.29 is 18.7 Å². The van der Waals surface area contributed by atoms with Crippen LogP contribution >= 0.6 is 31.6 Å². The van der Waals surface area contributed by atoms with Crippen molar-refractivity contribution in [2.75, 3.05) is 32.1 Å². The summed E-state index contributed by atoms with van der Waals surface area (Å²) in [7, 11) is -2.82. The van der Waals surface area contributed by atoms with E-state index in [2.05, 4.69) is 52.3 Å². The van der Waals surface area contributed by atoms with Crippen molar-refractivity contribution in [2.45, 2.75) is 42.5 Å². The summed E-state index contributed by atoms with van der Waals surface area (Å²) in [5.41, 5.74) is 2.74. The third-order valence-electron chi connectivity index (χ3n) is 5.50. The molecule has 1 saturated heterocycles. The van der Waals surface area contributed by atoms with Crippen molar-refractivity contribution in [1.29, 1.82) is 0 Å². The molecule has 2 N–H and O–H groups in total. The molecule has 170 valence electrons. The van der Waals surface area contributed by atoms with E-state index in [4.69, 9.17) is 21.2 Å². The first-order valence-electron chi connectivity index (χ1n) is 10.7. The minimum Gasteiger partial charge on any atom is -0.379 e. The Balaban J connectivity index is 1.34. The summed E-state index contributed by atoms with van der Waals surface area (Å²) >= 11 is 8.29. The molecule has 1 heterocycles. The number of ether oxygens (including phenoxy) is 1. The molecule has 1 atom stereocenters. The van der Waals surface area contributed by atoms with Gasteiger partial charge in [-0.2, -0.15) is 0 Å². The normalized spacial score (nSPS) is 16.1. The third-order valence-corrected chi connectivity index (χ3v) is 7.53. The van der Waals surface area contributed by atoms with Crippen LogP contribution in [0.4, 0.5) is 0 Å². The van der Waals surface area contributed by atoms with Gasteiger partial charge in [0.25, 0.3) is 0 Å². The SMILES string of the molecule is O=[PH](O)OCCCNCc1ccc(SCCCCC2(c3ccccc3)COC2)c(Cl)c1. The molecular formula is C23H31ClNO4PS. The van der Waals surface area contributed by atoms with Gasteiger partial charge in [0.2, 0.25) is 0 Å². The molecule has 1 fully saturated rings. The monoisotopic (exact) mass is 483 g/mol. The van der Waals surface area contributed by atoms with Crippen LogP contribution in [0, 0.1) is 0 Å². The van der Waals surface area contributed by atoms with Crippen molar-refractivity contribution in [3.8, 4) is 0 Å². The highest BCUT2D eigenvalue weighted by Gasteiger charge is 2.39. The van der Waals surface area contributed by atoms with E-state index in [0.717, 1.165) is 53.8 Å². The molecular weight excluding hydrogens is 453 g/mol. The van der Waals surface area contributed by atoms with Crippen LogP contribution < -0.4 is 5.32 Å². The Morgan fingerprint density at radius 3 is 2.65 bits per heavy atom. The highest BCUT2D eigenvalue weighted by molar-refractivity contribution is 7.99. The lowest BCUT2D eigenvalue weighted by molar-refractivity contribution is -0.0652. The molecule has 0 aliphatic carbocycles. The van der Waals surface area contributed by atoms with Gasteiger partial charge in [-0.15, -0.1) is 11.8 Å². The Hall–Kier alpha value is -0.850. The summed E-state index contributed by atoms with van der Waals surface area (Å²) in [6.45, 7) is 3.39. The minimum absolute atomic E-state index is 0.209. The smallest absolute Gasteiger partial charge is 0.316 e. The Kier molecular flexibility index (Phi) is 10.4. The van der Waals surface area contributed by atoms with Crippen molar-refractivity contribution >= 4 is 31.6 Å². The zero-order chi connectivity index (χ0) is 21.9. The van der Waals surface area contributed by atoms with Gasteiger partial charge in [0.1, 0.15) is 0 Å². The Morgan fingerprint density at radius 1 is 1.16 bits per heavy atom. The van der Waals surface area contributed by atoms with E-state index in [1.165, 1.54) is 12.0 Å². The van der Waals surface area contributed by atoms with E-state index >= 15 is 0 Å². The fourth-order valence-electron chi connectivity index (χ4n) is 3.70. The van der Waals surface area contributed by atoms with Crippen LogP contribution in [-0.2, 0) is 25.8 Å². The quantitative estimate of drug-likeness (QED) is 0.211. The van der Waals surface area contributed by atoms with Crippen LogP contribution in [0.25, 0.3) is 0 Å². The maximum atomic E-state index is 10.5. The molecule has 0 spiro atoms. The third kappa shape index (κ3) is 7.90. The Morgan fingerprint density at radius 2 is 1.97 bits per heavy atom. The number of unbranched alkanes of at least 4 members (excludes halogenated alkanes) is 1. The van der Waals surface area contributed by atoms with Gasteiger partial charge in [0.15, 0.2) is 0 Å². The van der Waals surface area contributed by atoms with E-state index in [1.807, 2.05) is 17.8 Å². The molecule has 3 rings (SSSR count). The van der Waals surface area contributed by atoms with Crippen LogP contribution in [0.5, 0.6) is 0 Å². The van der Waals surface area contributed by atoms with Gasteiger partial charge in [-0.25, -0.2) is 0 Å². The van der Waals surface area contributed by atoms with E-state index in [0.29, 0.717) is 13.0 Å². The van der Waals surface area contributed by atoms with Crippen LogP contribution in [0.15, 0.2) is 53.4 Å². The predicted octanol–water partition coefficient (Wildman–Crippen LogP) is 5.45. The van der Waals surface area contributed by atoms with Crippen molar-refractivity contribution in [3.05, 3.63) is 64.7 Å². The molecule has 1 aliphatic heterocycles. The summed E-state index contributed by atoms with van der Waals surface area (Å²) in [4.78, 5) is 9.74. The minimum atomic E-state index is -2.82. The molecule has 31 heavy (non-hydrogen) atoms. The lowest BCUT2D eigenvalue weighted by Gasteiger charge is -2.42. The number of halogens is 1. The summed E-state index contributed by atoms with van der Waals surface area (Å²) in [5, 5.41) is 4.08. The van der Waals surface area contributed by atoms with Gasteiger partial charge >= 0.3 is 8.25 Å². The first-order valence-corrected chi connectivity index (χ1v) is 13.3. The maximum absolute atomic E-state index is 10.5. The molecule has 0 radical (unpaired) electrons. The van der Waals surface area contributed by atoms with Gasteiger partial charge in [-0.3, -0.25) is 4.57 Å². The van der Waals surface area contributed by atoms with E-state index in [9.17, 15) is 4.57 Å². The predicted molar refractivity (Wildman–Crippen MR) is 128 cm³/mol. The molecule has 1 unspecified atom stereocenters. The van der Waals surface area contributed by atoms with Crippen molar-refractivity contribution in [2.24, 2.45) is 0 Å².